The van der Waals surface area contributed by atoms with E-state index in [9.17, 15) is 4.79 Å². The minimum atomic E-state index is 0.0435. The number of hydrogen-bond acceptors (Lipinski definition) is 5. The molecular weight excluding hydrogens is 436 g/mol. The minimum absolute atomic E-state index is 0.0435. The van der Waals surface area contributed by atoms with Crippen LogP contribution in [0.3, 0.4) is 0 Å². The fourth-order valence-electron chi connectivity index (χ4n) is 4.24. The van der Waals surface area contributed by atoms with Gasteiger partial charge in [-0.2, -0.15) is 0 Å². The Morgan fingerprint density at radius 2 is 1.70 bits per heavy atom. The number of carbonyl (C=O) groups is 1. The van der Waals surface area contributed by atoms with Crippen molar-refractivity contribution >= 4 is 23.3 Å². The fourth-order valence-corrected chi connectivity index (χ4v) is 4.37. The maximum atomic E-state index is 13.0. The van der Waals surface area contributed by atoms with Gasteiger partial charge in [0.05, 0.1) is 7.11 Å². The summed E-state index contributed by atoms with van der Waals surface area (Å²) in [4.78, 5) is 26.7. The van der Waals surface area contributed by atoms with Crippen LogP contribution in [0.4, 0.5) is 5.82 Å². The van der Waals surface area contributed by atoms with Crippen molar-refractivity contribution in [1.29, 1.82) is 0 Å². The second kappa shape index (κ2) is 10.2. The summed E-state index contributed by atoms with van der Waals surface area (Å²) in [5.74, 6) is 2.62. The lowest BCUT2D eigenvalue weighted by Gasteiger charge is -2.26. The van der Waals surface area contributed by atoms with E-state index < -0.39 is 0 Å². The van der Waals surface area contributed by atoms with E-state index in [-0.39, 0.29) is 5.91 Å². The third-order valence-electron chi connectivity index (χ3n) is 6.02. The molecule has 2 heterocycles. The molecule has 7 heteroatoms. The molecular formula is C26H29ClN4O2. The van der Waals surface area contributed by atoms with E-state index in [1.54, 1.807) is 31.4 Å². The van der Waals surface area contributed by atoms with Gasteiger partial charge in [0.1, 0.15) is 17.4 Å². The summed E-state index contributed by atoms with van der Waals surface area (Å²) in [5.41, 5.74) is 3.97. The molecule has 3 aromatic rings. The van der Waals surface area contributed by atoms with E-state index in [1.807, 2.05) is 30.9 Å². The number of hydrogen-bond donors (Lipinski definition) is 0. The highest BCUT2D eigenvalue weighted by Crippen LogP contribution is 2.26. The van der Waals surface area contributed by atoms with E-state index in [0.717, 1.165) is 61.1 Å². The molecule has 0 unspecified atom stereocenters. The van der Waals surface area contributed by atoms with Crippen LogP contribution in [0.15, 0.2) is 48.5 Å². The lowest BCUT2D eigenvalue weighted by molar-refractivity contribution is 0.0767. The Labute approximate surface area is 200 Å². The highest BCUT2D eigenvalue weighted by molar-refractivity contribution is 6.30. The lowest BCUT2D eigenvalue weighted by Crippen LogP contribution is -2.35. The summed E-state index contributed by atoms with van der Waals surface area (Å²) in [7, 11) is 1.67. The predicted molar refractivity (Wildman–Crippen MR) is 131 cm³/mol. The quantitative estimate of drug-likeness (QED) is 0.547. The zero-order chi connectivity index (χ0) is 23.4. The molecule has 4 rings (SSSR count). The zero-order valence-electron chi connectivity index (χ0n) is 19.3. The van der Waals surface area contributed by atoms with Gasteiger partial charge in [-0.25, -0.2) is 9.97 Å². The van der Waals surface area contributed by atoms with E-state index in [0.29, 0.717) is 17.1 Å². The smallest absolute Gasteiger partial charge is 0.253 e. The molecule has 2 aromatic carbocycles. The van der Waals surface area contributed by atoms with Crippen molar-refractivity contribution in [1.82, 2.24) is 14.9 Å². The van der Waals surface area contributed by atoms with Crippen molar-refractivity contribution in [2.24, 2.45) is 0 Å². The van der Waals surface area contributed by atoms with Gasteiger partial charge < -0.3 is 14.5 Å². The number of anilines is 1. The van der Waals surface area contributed by atoms with Crippen LogP contribution in [0.1, 0.15) is 39.4 Å². The Hall–Kier alpha value is -3.12. The average Bonchev–Trinajstić information content (AvgIpc) is 3.07. The maximum Gasteiger partial charge on any atom is 0.253 e. The van der Waals surface area contributed by atoms with E-state index in [2.05, 4.69) is 22.0 Å². The van der Waals surface area contributed by atoms with Gasteiger partial charge in [-0.3, -0.25) is 4.79 Å². The summed E-state index contributed by atoms with van der Waals surface area (Å²) in [6, 6.07) is 15.2. The second-order valence-electron chi connectivity index (χ2n) is 8.32. The van der Waals surface area contributed by atoms with Crippen LogP contribution in [0.5, 0.6) is 5.75 Å². The third kappa shape index (κ3) is 5.45. The Bertz CT molecular complexity index is 1120. The van der Waals surface area contributed by atoms with Gasteiger partial charge in [0.15, 0.2) is 0 Å². The number of aryl methyl sites for hydroxylation is 2. The van der Waals surface area contributed by atoms with Crippen LogP contribution in [0.25, 0.3) is 0 Å². The Kier molecular flexibility index (Phi) is 7.14. The molecule has 0 aliphatic carbocycles. The lowest BCUT2D eigenvalue weighted by atomic mass is 10.0. The Morgan fingerprint density at radius 1 is 0.970 bits per heavy atom. The number of amides is 1. The molecule has 1 saturated heterocycles. The Morgan fingerprint density at radius 3 is 2.39 bits per heavy atom. The van der Waals surface area contributed by atoms with Crippen LogP contribution < -0.4 is 9.64 Å². The first kappa shape index (κ1) is 23.1. The van der Waals surface area contributed by atoms with Crippen molar-refractivity contribution in [3.8, 4) is 5.75 Å². The normalized spacial score (nSPS) is 14.2. The van der Waals surface area contributed by atoms with Gasteiger partial charge >= 0.3 is 0 Å². The van der Waals surface area contributed by atoms with Crippen LogP contribution in [0, 0.1) is 13.8 Å². The number of benzene rings is 2. The van der Waals surface area contributed by atoms with Crippen molar-refractivity contribution in [2.75, 3.05) is 38.2 Å². The third-order valence-corrected chi connectivity index (χ3v) is 6.27. The first-order valence-corrected chi connectivity index (χ1v) is 11.6. The van der Waals surface area contributed by atoms with Gasteiger partial charge in [0.2, 0.25) is 0 Å². The minimum Gasteiger partial charge on any atom is -0.497 e. The fraction of sp³-hybridized carbons (Fsp3) is 0.346. The topological polar surface area (TPSA) is 58.6 Å². The Balaban J connectivity index is 1.54. The van der Waals surface area contributed by atoms with Crippen LogP contribution >= 0.6 is 11.6 Å². The van der Waals surface area contributed by atoms with Gasteiger partial charge in [-0.1, -0.05) is 23.7 Å². The van der Waals surface area contributed by atoms with Gasteiger partial charge in [0, 0.05) is 54.4 Å². The van der Waals surface area contributed by atoms with Crippen LogP contribution in [-0.2, 0) is 6.42 Å². The number of nitrogens with zero attached hydrogens (tertiary/aromatic N) is 4. The molecule has 1 aliphatic rings. The van der Waals surface area contributed by atoms with Crippen molar-refractivity contribution in [2.45, 2.75) is 26.7 Å². The summed E-state index contributed by atoms with van der Waals surface area (Å²) in [6.45, 7) is 6.91. The molecule has 1 fully saturated rings. The number of methoxy groups -OCH3 is 1. The molecule has 0 N–H and O–H groups in total. The van der Waals surface area contributed by atoms with E-state index in [1.165, 1.54) is 5.56 Å². The molecule has 0 spiro atoms. The van der Waals surface area contributed by atoms with Gasteiger partial charge in [0.25, 0.3) is 5.91 Å². The van der Waals surface area contributed by atoms with E-state index in [4.69, 9.17) is 21.3 Å². The molecule has 0 saturated carbocycles. The second-order valence-corrected chi connectivity index (χ2v) is 8.76. The monoisotopic (exact) mass is 464 g/mol. The molecule has 0 bridgehead atoms. The number of aromatic nitrogens is 2. The molecule has 1 aliphatic heterocycles. The first-order valence-electron chi connectivity index (χ1n) is 11.2. The average molecular weight is 465 g/mol. The highest BCUT2D eigenvalue weighted by atomic mass is 35.5. The standard InChI is InChI=1S/C26H29ClN4O2/c1-18-24(17-20-5-11-23(33-3)12-6-20)25(29-19(2)28-18)30-13-4-14-31(16-15-30)26(32)21-7-9-22(27)10-8-21/h5-12H,4,13-17H2,1-3H3. The zero-order valence-corrected chi connectivity index (χ0v) is 20.1. The maximum absolute atomic E-state index is 13.0. The van der Waals surface area contributed by atoms with Crippen molar-refractivity contribution in [3.05, 3.63) is 81.8 Å². The van der Waals surface area contributed by atoms with Crippen molar-refractivity contribution in [3.63, 3.8) is 0 Å². The summed E-state index contributed by atoms with van der Waals surface area (Å²) < 4.78 is 5.29. The molecule has 1 aromatic heterocycles. The van der Waals surface area contributed by atoms with Crippen LogP contribution in [0.2, 0.25) is 5.02 Å². The summed E-state index contributed by atoms with van der Waals surface area (Å²) in [6.07, 6.45) is 1.62. The number of carbonyl (C=O) groups excluding carboxylic acids is 1. The summed E-state index contributed by atoms with van der Waals surface area (Å²) >= 11 is 5.98. The number of ether oxygens (including phenoxy) is 1. The molecule has 33 heavy (non-hydrogen) atoms. The molecule has 0 radical (unpaired) electrons. The highest BCUT2D eigenvalue weighted by Gasteiger charge is 2.23. The molecule has 6 nitrogen and oxygen atoms in total. The molecule has 1 amide bonds. The number of rotatable bonds is 5. The SMILES string of the molecule is COc1ccc(Cc2c(C)nc(C)nc2N2CCCN(C(=O)c3ccc(Cl)cc3)CC2)cc1. The molecule has 172 valence electrons. The number of halogens is 1. The van der Waals surface area contributed by atoms with Gasteiger partial charge in [-0.05, 0) is 62.2 Å². The van der Waals surface area contributed by atoms with Gasteiger partial charge in [-0.15, -0.1) is 0 Å². The molecule has 0 atom stereocenters. The van der Waals surface area contributed by atoms with Crippen LogP contribution in [-0.4, -0.2) is 54.1 Å². The van der Waals surface area contributed by atoms with E-state index >= 15 is 0 Å². The summed E-state index contributed by atoms with van der Waals surface area (Å²) in [5, 5.41) is 0.632. The predicted octanol–water partition coefficient (Wildman–Crippen LogP) is 4.70. The first-order chi connectivity index (χ1) is 15.9. The largest absolute Gasteiger partial charge is 0.497 e. The van der Waals surface area contributed by atoms with Crippen molar-refractivity contribution < 1.29 is 9.53 Å².